The van der Waals surface area contributed by atoms with E-state index in [1.165, 1.54) is 0 Å². The highest BCUT2D eigenvalue weighted by Gasteiger charge is 2.02. The molecule has 0 fully saturated rings. The first-order valence-corrected chi connectivity index (χ1v) is 5.85. The standard InChI is InChI=1S/C13H22N2O2/c1-11(10-17-3)14-12-4-6-13(7-5-12)15(2)8-9-16/h4-7,11,14,16H,8-10H2,1-3H3. The molecule has 96 valence electrons. The third kappa shape index (κ3) is 4.63. The van der Waals surface area contributed by atoms with Crippen LogP contribution < -0.4 is 10.2 Å². The van der Waals surface area contributed by atoms with Gasteiger partial charge in [0.05, 0.1) is 13.2 Å². The van der Waals surface area contributed by atoms with Crippen molar-refractivity contribution in [3.05, 3.63) is 24.3 Å². The zero-order valence-electron chi connectivity index (χ0n) is 10.8. The maximum Gasteiger partial charge on any atom is 0.0661 e. The summed E-state index contributed by atoms with van der Waals surface area (Å²) in [6.45, 7) is 3.58. The fourth-order valence-electron chi connectivity index (χ4n) is 1.67. The molecule has 17 heavy (non-hydrogen) atoms. The van der Waals surface area contributed by atoms with E-state index < -0.39 is 0 Å². The van der Waals surface area contributed by atoms with Gasteiger partial charge >= 0.3 is 0 Å². The molecule has 0 aliphatic rings. The van der Waals surface area contributed by atoms with Gasteiger partial charge in [0, 0.05) is 38.1 Å². The zero-order chi connectivity index (χ0) is 12.7. The summed E-state index contributed by atoms with van der Waals surface area (Å²) in [7, 11) is 3.66. The molecule has 0 spiro atoms. The number of nitrogens with zero attached hydrogens (tertiary/aromatic N) is 1. The van der Waals surface area contributed by atoms with E-state index in [0.717, 1.165) is 11.4 Å². The third-order valence-electron chi connectivity index (χ3n) is 2.57. The number of anilines is 2. The first-order chi connectivity index (χ1) is 8.17. The highest BCUT2D eigenvalue weighted by Crippen LogP contribution is 2.17. The molecule has 1 aromatic carbocycles. The lowest BCUT2D eigenvalue weighted by atomic mass is 10.2. The summed E-state index contributed by atoms with van der Waals surface area (Å²) >= 11 is 0. The van der Waals surface area contributed by atoms with Crippen LogP contribution in [0, 0.1) is 0 Å². The molecule has 0 amide bonds. The lowest BCUT2D eigenvalue weighted by Crippen LogP contribution is -2.22. The van der Waals surface area contributed by atoms with E-state index in [0.29, 0.717) is 19.2 Å². The third-order valence-corrected chi connectivity index (χ3v) is 2.57. The number of likely N-dealkylation sites (N-methyl/N-ethyl adjacent to an activating group) is 1. The minimum atomic E-state index is 0.168. The van der Waals surface area contributed by atoms with Crippen LogP contribution in [0.2, 0.25) is 0 Å². The largest absolute Gasteiger partial charge is 0.395 e. The van der Waals surface area contributed by atoms with E-state index in [1.54, 1.807) is 7.11 Å². The van der Waals surface area contributed by atoms with Crippen molar-refractivity contribution in [2.24, 2.45) is 0 Å². The summed E-state index contributed by atoms with van der Waals surface area (Å²) < 4.78 is 5.07. The van der Waals surface area contributed by atoms with E-state index in [4.69, 9.17) is 9.84 Å². The molecular weight excluding hydrogens is 216 g/mol. The van der Waals surface area contributed by atoms with Gasteiger partial charge in [-0.15, -0.1) is 0 Å². The number of benzene rings is 1. The van der Waals surface area contributed by atoms with E-state index in [9.17, 15) is 0 Å². The summed E-state index contributed by atoms with van der Waals surface area (Å²) in [5, 5.41) is 12.2. The molecule has 0 saturated carbocycles. The van der Waals surface area contributed by atoms with Gasteiger partial charge in [0.2, 0.25) is 0 Å². The van der Waals surface area contributed by atoms with Crippen LogP contribution in [-0.2, 0) is 4.74 Å². The molecule has 0 aliphatic heterocycles. The van der Waals surface area contributed by atoms with Crippen molar-refractivity contribution in [3.63, 3.8) is 0 Å². The average Bonchev–Trinajstić information content (AvgIpc) is 2.30. The lowest BCUT2D eigenvalue weighted by molar-refractivity contribution is 0.190. The second-order valence-electron chi connectivity index (χ2n) is 4.19. The quantitative estimate of drug-likeness (QED) is 0.756. The first-order valence-electron chi connectivity index (χ1n) is 5.85. The maximum atomic E-state index is 8.86. The van der Waals surface area contributed by atoms with E-state index in [1.807, 2.05) is 36.2 Å². The van der Waals surface area contributed by atoms with E-state index in [2.05, 4.69) is 12.2 Å². The molecule has 0 bridgehead atoms. The van der Waals surface area contributed by atoms with Crippen LogP contribution in [0.3, 0.4) is 0 Å². The number of nitrogens with one attached hydrogen (secondary N) is 1. The highest BCUT2D eigenvalue weighted by molar-refractivity contribution is 5.55. The second-order valence-corrected chi connectivity index (χ2v) is 4.19. The van der Waals surface area contributed by atoms with Crippen molar-refractivity contribution >= 4 is 11.4 Å². The number of hydrogen-bond acceptors (Lipinski definition) is 4. The van der Waals surface area contributed by atoms with Gasteiger partial charge in [-0.25, -0.2) is 0 Å². The molecule has 0 radical (unpaired) electrons. The Kier molecular flexibility index (Phi) is 5.80. The Balaban J connectivity index is 2.55. The molecule has 4 nitrogen and oxygen atoms in total. The molecule has 0 heterocycles. The van der Waals surface area contributed by atoms with Gasteiger partial charge < -0.3 is 20.1 Å². The van der Waals surface area contributed by atoms with Gasteiger partial charge in [0.25, 0.3) is 0 Å². The van der Waals surface area contributed by atoms with Crippen LogP contribution in [0.15, 0.2) is 24.3 Å². The first kappa shape index (κ1) is 13.8. The summed E-state index contributed by atoms with van der Waals surface area (Å²) in [5.41, 5.74) is 2.18. The van der Waals surface area contributed by atoms with Crippen molar-refractivity contribution in [2.75, 3.05) is 44.1 Å². The van der Waals surface area contributed by atoms with E-state index >= 15 is 0 Å². The minimum Gasteiger partial charge on any atom is -0.395 e. The average molecular weight is 238 g/mol. The normalized spacial score (nSPS) is 12.2. The van der Waals surface area contributed by atoms with Crippen molar-refractivity contribution in [3.8, 4) is 0 Å². The molecule has 0 saturated heterocycles. The Labute approximate surface area is 103 Å². The number of rotatable bonds is 7. The molecule has 1 rings (SSSR count). The minimum absolute atomic E-state index is 0.168. The fourth-order valence-corrected chi connectivity index (χ4v) is 1.67. The second kappa shape index (κ2) is 7.14. The maximum absolute atomic E-state index is 8.86. The van der Waals surface area contributed by atoms with Gasteiger partial charge in [0.15, 0.2) is 0 Å². The monoisotopic (exact) mass is 238 g/mol. The smallest absolute Gasteiger partial charge is 0.0661 e. The molecule has 2 N–H and O–H groups in total. The Morgan fingerprint density at radius 3 is 2.53 bits per heavy atom. The Morgan fingerprint density at radius 2 is 2.00 bits per heavy atom. The van der Waals surface area contributed by atoms with Gasteiger partial charge in [-0.1, -0.05) is 0 Å². The summed E-state index contributed by atoms with van der Waals surface area (Å²) in [6.07, 6.45) is 0. The van der Waals surface area contributed by atoms with Gasteiger partial charge in [-0.2, -0.15) is 0 Å². The van der Waals surface area contributed by atoms with E-state index in [-0.39, 0.29) is 6.61 Å². The molecule has 4 heteroatoms. The topological polar surface area (TPSA) is 44.7 Å². The molecule has 0 aliphatic carbocycles. The van der Waals surface area contributed by atoms with Crippen molar-refractivity contribution in [1.82, 2.24) is 0 Å². The fraction of sp³-hybridized carbons (Fsp3) is 0.538. The van der Waals surface area contributed by atoms with Crippen LogP contribution >= 0.6 is 0 Å². The number of hydrogen-bond donors (Lipinski definition) is 2. The van der Waals surface area contributed by atoms with Gasteiger partial charge in [-0.05, 0) is 31.2 Å². The predicted molar refractivity (Wildman–Crippen MR) is 71.8 cm³/mol. The SMILES string of the molecule is COCC(C)Nc1ccc(N(C)CCO)cc1. The van der Waals surface area contributed by atoms with Crippen LogP contribution in [0.25, 0.3) is 0 Å². The van der Waals surface area contributed by atoms with Crippen LogP contribution in [0.4, 0.5) is 11.4 Å². The lowest BCUT2D eigenvalue weighted by Gasteiger charge is -2.19. The molecule has 1 atom stereocenters. The molecule has 1 unspecified atom stereocenters. The number of ether oxygens (including phenoxy) is 1. The van der Waals surface area contributed by atoms with Gasteiger partial charge in [0.1, 0.15) is 0 Å². The summed E-state index contributed by atoms with van der Waals surface area (Å²) in [4.78, 5) is 2.02. The van der Waals surface area contributed by atoms with Gasteiger partial charge in [-0.3, -0.25) is 0 Å². The Hall–Kier alpha value is -1.26. The van der Waals surface area contributed by atoms with Crippen LogP contribution in [0.5, 0.6) is 0 Å². The van der Waals surface area contributed by atoms with Crippen molar-refractivity contribution in [2.45, 2.75) is 13.0 Å². The highest BCUT2D eigenvalue weighted by atomic mass is 16.5. The number of methoxy groups -OCH3 is 1. The van der Waals surface area contributed by atoms with Crippen LogP contribution in [0.1, 0.15) is 6.92 Å². The Bertz CT molecular complexity index is 314. The molecule has 0 aromatic heterocycles. The van der Waals surface area contributed by atoms with Crippen LogP contribution in [-0.4, -0.2) is 45.1 Å². The molecular formula is C13H22N2O2. The van der Waals surface area contributed by atoms with Crippen molar-refractivity contribution < 1.29 is 9.84 Å². The summed E-state index contributed by atoms with van der Waals surface area (Å²) in [6, 6.07) is 8.45. The molecule has 1 aromatic rings. The predicted octanol–water partition coefficient (Wildman–Crippen LogP) is 1.56. The zero-order valence-corrected chi connectivity index (χ0v) is 10.8. The number of aliphatic hydroxyl groups is 1. The Morgan fingerprint density at radius 1 is 1.35 bits per heavy atom. The number of aliphatic hydroxyl groups excluding tert-OH is 1. The summed E-state index contributed by atoms with van der Waals surface area (Å²) in [5.74, 6) is 0. The van der Waals surface area contributed by atoms with Crippen molar-refractivity contribution in [1.29, 1.82) is 0 Å².